The molecular weight excluding hydrogens is 368 g/mol. The van der Waals surface area contributed by atoms with Gasteiger partial charge in [-0.1, -0.05) is 60.7 Å². The minimum absolute atomic E-state index is 0.587. The highest BCUT2D eigenvalue weighted by molar-refractivity contribution is 5.90. The van der Waals surface area contributed by atoms with Crippen LogP contribution < -0.4 is 22.9 Å². The number of benzene rings is 3. The average molecular weight is 403 g/mol. The molecule has 0 saturated carbocycles. The molecule has 0 fully saturated rings. The Labute approximate surface area is 180 Å². The van der Waals surface area contributed by atoms with Gasteiger partial charge in [-0.2, -0.15) is 0 Å². The van der Waals surface area contributed by atoms with Crippen molar-refractivity contribution in [3.05, 3.63) is 82.9 Å². The molecule has 4 nitrogen and oxygen atoms in total. The van der Waals surface area contributed by atoms with Crippen LogP contribution >= 0.6 is 0 Å². The molecular formula is C26H34N4. The Bertz CT molecular complexity index is 858. The summed E-state index contributed by atoms with van der Waals surface area (Å²) in [6.07, 6.45) is 3.24. The Balaban J connectivity index is 2.50. The fraction of sp³-hybridized carbons (Fsp3) is 0.308. The van der Waals surface area contributed by atoms with Crippen LogP contribution in [0.3, 0.4) is 0 Å². The molecule has 0 aliphatic heterocycles. The van der Waals surface area contributed by atoms with E-state index in [1.807, 2.05) is 0 Å². The number of nitrogens with two attached hydrogens (primary N) is 4. The zero-order valence-electron chi connectivity index (χ0n) is 17.7. The first kappa shape index (κ1) is 22.2. The molecule has 30 heavy (non-hydrogen) atoms. The van der Waals surface area contributed by atoms with Crippen LogP contribution in [0.25, 0.3) is 22.3 Å². The Morgan fingerprint density at radius 2 is 0.700 bits per heavy atom. The van der Waals surface area contributed by atoms with Gasteiger partial charge in [0, 0.05) is 0 Å². The lowest BCUT2D eigenvalue weighted by atomic mass is 9.77. The highest BCUT2D eigenvalue weighted by atomic mass is 14.6. The van der Waals surface area contributed by atoms with E-state index < -0.39 is 0 Å². The third-order valence-electron chi connectivity index (χ3n) is 5.65. The summed E-state index contributed by atoms with van der Waals surface area (Å²) < 4.78 is 0. The molecule has 0 spiro atoms. The molecule has 0 unspecified atom stereocenters. The summed E-state index contributed by atoms with van der Waals surface area (Å²) in [6, 6.07) is 21.2. The zero-order valence-corrected chi connectivity index (χ0v) is 17.7. The van der Waals surface area contributed by atoms with Crippen molar-refractivity contribution in [1.29, 1.82) is 0 Å². The van der Waals surface area contributed by atoms with Gasteiger partial charge in [0.2, 0.25) is 0 Å². The van der Waals surface area contributed by atoms with E-state index >= 15 is 0 Å². The Kier molecular flexibility index (Phi) is 8.17. The Morgan fingerprint density at radius 1 is 0.400 bits per heavy atom. The second-order valence-electron chi connectivity index (χ2n) is 7.55. The molecule has 8 N–H and O–H groups in total. The van der Waals surface area contributed by atoms with Crippen LogP contribution in [0.4, 0.5) is 0 Å². The van der Waals surface area contributed by atoms with Gasteiger partial charge in [-0.05, 0) is 96.4 Å². The quantitative estimate of drug-likeness (QED) is 0.418. The lowest BCUT2D eigenvalue weighted by molar-refractivity contribution is 0.845. The standard InChI is InChI=1S/C26H34N4/c27-15-11-21-22(12-16-28)24(14-18-30)26(20-9-5-2-6-10-20)25(23(21)13-17-29)19-7-3-1-4-8-19/h1-10H,11-18,27-30H2. The molecule has 0 saturated heterocycles. The lowest BCUT2D eigenvalue weighted by Gasteiger charge is -2.27. The SMILES string of the molecule is NCCc1c(CCN)c(CCN)c(-c2ccccc2)c(-c2ccccc2)c1CCN. The minimum Gasteiger partial charge on any atom is -0.330 e. The number of rotatable bonds is 10. The van der Waals surface area contributed by atoms with Crippen LogP contribution in [-0.4, -0.2) is 26.2 Å². The summed E-state index contributed by atoms with van der Waals surface area (Å²) in [4.78, 5) is 0. The van der Waals surface area contributed by atoms with Crippen molar-refractivity contribution in [1.82, 2.24) is 0 Å². The third kappa shape index (κ3) is 4.63. The first-order chi connectivity index (χ1) is 14.8. The summed E-state index contributed by atoms with van der Waals surface area (Å²) in [5, 5.41) is 0. The maximum absolute atomic E-state index is 6.11. The molecule has 3 aromatic carbocycles. The first-order valence-corrected chi connectivity index (χ1v) is 10.9. The summed E-state index contributed by atoms with van der Waals surface area (Å²) in [6.45, 7) is 2.36. The summed E-state index contributed by atoms with van der Waals surface area (Å²) in [5.41, 5.74) is 34.5. The van der Waals surface area contributed by atoms with E-state index in [0.717, 1.165) is 25.7 Å². The molecule has 158 valence electrons. The highest BCUT2D eigenvalue weighted by Gasteiger charge is 2.24. The van der Waals surface area contributed by atoms with Crippen LogP contribution in [-0.2, 0) is 25.7 Å². The van der Waals surface area contributed by atoms with E-state index in [1.165, 1.54) is 44.5 Å². The van der Waals surface area contributed by atoms with Crippen LogP contribution in [0.15, 0.2) is 60.7 Å². The molecule has 4 heteroatoms. The average Bonchev–Trinajstić information content (AvgIpc) is 2.78. The molecule has 0 atom stereocenters. The molecule has 0 bridgehead atoms. The van der Waals surface area contributed by atoms with Crippen molar-refractivity contribution in [2.75, 3.05) is 26.2 Å². The maximum atomic E-state index is 6.11. The van der Waals surface area contributed by atoms with E-state index in [2.05, 4.69) is 60.7 Å². The fourth-order valence-corrected chi connectivity index (χ4v) is 4.55. The van der Waals surface area contributed by atoms with E-state index in [-0.39, 0.29) is 0 Å². The van der Waals surface area contributed by atoms with Crippen LogP contribution in [0.2, 0.25) is 0 Å². The molecule has 0 aliphatic rings. The van der Waals surface area contributed by atoms with Gasteiger partial charge in [-0.15, -0.1) is 0 Å². The van der Waals surface area contributed by atoms with Crippen molar-refractivity contribution in [3.63, 3.8) is 0 Å². The van der Waals surface area contributed by atoms with E-state index in [0.29, 0.717) is 26.2 Å². The largest absolute Gasteiger partial charge is 0.330 e. The van der Waals surface area contributed by atoms with Crippen molar-refractivity contribution in [2.24, 2.45) is 22.9 Å². The van der Waals surface area contributed by atoms with Gasteiger partial charge < -0.3 is 22.9 Å². The molecule has 0 aromatic heterocycles. The molecule has 0 amide bonds. The normalized spacial score (nSPS) is 11.1. The minimum atomic E-state index is 0.587. The predicted molar refractivity (Wildman–Crippen MR) is 128 cm³/mol. The van der Waals surface area contributed by atoms with Gasteiger partial charge in [0.15, 0.2) is 0 Å². The van der Waals surface area contributed by atoms with Crippen LogP contribution in [0.5, 0.6) is 0 Å². The Morgan fingerprint density at radius 3 is 1.00 bits per heavy atom. The topological polar surface area (TPSA) is 104 Å². The summed E-state index contributed by atoms with van der Waals surface area (Å²) >= 11 is 0. The summed E-state index contributed by atoms with van der Waals surface area (Å²) in [7, 11) is 0. The van der Waals surface area contributed by atoms with Crippen molar-refractivity contribution < 1.29 is 0 Å². The number of hydrogen-bond donors (Lipinski definition) is 4. The molecule has 3 aromatic rings. The van der Waals surface area contributed by atoms with Crippen molar-refractivity contribution >= 4 is 0 Å². The van der Waals surface area contributed by atoms with E-state index in [1.54, 1.807) is 0 Å². The van der Waals surface area contributed by atoms with Gasteiger partial charge in [-0.3, -0.25) is 0 Å². The fourth-order valence-electron chi connectivity index (χ4n) is 4.55. The first-order valence-electron chi connectivity index (χ1n) is 10.9. The maximum Gasteiger partial charge on any atom is -0.00364 e. The molecule has 3 rings (SSSR count). The van der Waals surface area contributed by atoms with E-state index in [4.69, 9.17) is 22.9 Å². The summed E-state index contributed by atoms with van der Waals surface area (Å²) in [5.74, 6) is 0. The van der Waals surface area contributed by atoms with Gasteiger partial charge in [-0.25, -0.2) is 0 Å². The zero-order chi connectivity index (χ0) is 21.3. The van der Waals surface area contributed by atoms with Crippen molar-refractivity contribution in [3.8, 4) is 22.3 Å². The third-order valence-corrected chi connectivity index (χ3v) is 5.65. The molecule has 0 heterocycles. The second-order valence-corrected chi connectivity index (χ2v) is 7.55. The second kappa shape index (κ2) is 11.0. The Hall–Kier alpha value is -2.50. The van der Waals surface area contributed by atoms with Gasteiger partial charge in [0.05, 0.1) is 0 Å². The van der Waals surface area contributed by atoms with Gasteiger partial charge in [0.25, 0.3) is 0 Å². The monoisotopic (exact) mass is 402 g/mol. The van der Waals surface area contributed by atoms with Crippen molar-refractivity contribution in [2.45, 2.75) is 25.7 Å². The van der Waals surface area contributed by atoms with Crippen LogP contribution in [0.1, 0.15) is 22.3 Å². The van der Waals surface area contributed by atoms with Crippen LogP contribution in [0, 0.1) is 0 Å². The lowest BCUT2D eigenvalue weighted by Crippen LogP contribution is -2.19. The highest BCUT2D eigenvalue weighted by Crippen LogP contribution is 2.42. The van der Waals surface area contributed by atoms with Gasteiger partial charge >= 0.3 is 0 Å². The molecule has 0 radical (unpaired) electrons. The molecule has 0 aliphatic carbocycles. The number of hydrogen-bond acceptors (Lipinski definition) is 4. The van der Waals surface area contributed by atoms with E-state index in [9.17, 15) is 0 Å². The smallest absolute Gasteiger partial charge is 0.00364 e. The van der Waals surface area contributed by atoms with Gasteiger partial charge in [0.1, 0.15) is 0 Å². The predicted octanol–water partition coefficient (Wildman–Crippen LogP) is 3.03.